The molecule has 3 aromatic carbocycles. The second-order valence-electron chi connectivity index (χ2n) is 6.12. The molecule has 0 saturated carbocycles. The van der Waals surface area contributed by atoms with E-state index in [-0.39, 0.29) is 6.03 Å². The summed E-state index contributed by atoms with van der Waals surface area (Å²) in [7, 11) is 3.26. The summed E-state index contributed by atoms with van der Waals surface area (Å²) in [6, 6.07) is 19.8. The highest BCUT2D eigenvalue weighted by atomic mass is 35.5. The lowest BCUT2D eigenvalue weighted by molar-refractivity contribution is 0.262. The quantitative estimate of drug-likeness (QED) is 0.479. The van der Waals surface area contributed by atoms with Gasteiger partial charge in [-0.05, 0) is 48.0 Å². The van der Waals surface area contributed by atoms with Gasteiger partial charge in [0.25, 0.3) is 0 Å². The Morgan fingerprint density at radius 3 is 2.34 bits per heavy atom. The average Bonchev–Trinajstić information content (AvgIpc) is 2.74. The van der Waals surface area contributed by atoms with Crippen LogP contribution in [0.3, 0.4) is 0 Å². The van der Waals surface area contributed by atoms with Crippen LogP contribution in [0, 0.1) is 0 Å². The van der Waals surface area contributed by atoms with E-state index in [2.05, 4.69) is 10.6 Å². The highest BCUT2D eigenvalue weighted by Crippen LogP contribution is 2.26. The maximum atomic E-state index is 12.1. The monoisotopic (exact) mass is 408 g/mol. The molecule has 0 saturated heterocycles. The summed E-state index contributed by atoms with van der Waals surface area (Å²) in [5.74, 6) is 1.52. The van der Waals surface area contributed by atoms with Gasteiger partial charge in [0.1, 0.15) is 11.5 Å². The molecule has 0 radical (unpaired) electrons. The lowest BCUT2D eigenvalue weighted by atomic mass is 10.1. The van der Waals surface area contributed by atoms with Gasteiger partial charge in [-0.3, -0.25) is 0 Å². The molecule has 0 bridgehead atoms. The summed E-state index contributed by atoms with van der Waals surface area (Å²) in [6.07, 6.45) is 3.92. The summed E-state index contributed by atoms with van der Waals surface area (Å²) in [6.45, 7) is 0. The topological polar surface area (TPSA) is 59.6 Å². The zero-order valence-corrected chi connectivity index (χ0v) is 16.9. The molecular weight excluding hydrogens is 388 g/mol. The molecular formula is C23H21ClN2O3. The van der Waals surface area contributed by atoms with Crippen LogP contribution in [0.5, 0.6) is 11.5 Å². The number of hydrogen-bond acceptors (Lipinski definition) is 3. The van der Waals surface area contributed by atoms with Crippen LogP contribution in [0.15, 0.2) is 66.7 Å². The fourth-order valence-electron chi connectivity index (χ4n) is 2.68. The number of carbonyl (C=O) groups is 1. The molecule has 6 heteroatoms. The summed E-state index contributed by atoms with van der Waals surface area (Å²) >= 11 is 6.05. The summed E-state index contributed by atoms with van der Waals surface area (Å²) in [5.41, 5.74) is 3.12. The maximum absolute atomic E-state index is 12.1. The van der Waals surface area contributed by atoms with Gasteiger partial charge in [-0.1, -0.05) is 48.0 Å². The van der Waals surface area contributed by atoms with E-state index in [1.54, 1.807) is 38.5 Å². The number of urea groups is 1. The van der Waals surface area contributed by atoms with Crippen molar-refractivity contribution in [2.75, 3.05) is 24.9 Å². The minimum absolute atomic E-state index is 0.359. The number of hydrogen-bond donors (Lipinski definition) is 2. The van der Waals surface area contributed by atoms with Gasteiger partial charge in [-0.15, -0.1) is 0 Å². The number of rotatable bonds is 6. The van der Waals surface area contributed by atoms with Crippen LogP contribution in [0.1, 0.15) is 11.1 Å². The number of methoxy groups -OCH3 is 2. The van der Waals surface area contributed by atoms with Crippen molar-refractivity contribution in [3.8, 4) is 11.5 Å². The van der Waals surface area contributed by atoms with Crippen LogP contribution >= 0.6 is 11.6 Å². The molecule has 0 heterocycles. The fraction of sp³-hybridized carbons (Fsp3) is 0.0870. The fourth-order valence-corrected chi connectivity index (χ4v) is 2.86. The van der Waals surface area contributed by atoms with E-state index < -0.39 is 0 Å². The molecule has 0 atom stereocenters. The molecule has 5 nitrogen and oxygen atoms in total. The first-order valence-corrected chi connectivity index (χ1v) is 9.29. The van der Waals surface area contributed by atoms with Gasteiger partial charge in [0.15, 0.2) is 0 Å². The summed E-state index contributed by atoms with van der Waals surface area (Å²) in [5, 5.41) is 5.99. The second kappa shape index (κ2) is 9.66. The predicted octanol–water partition coefficient (Wildman–Crippen LogP) is 6.17. The highest BCUT2D eigenvalue weighted by molar-refractivity contribution is 6.33. The first-order chi connectivity index (χ1) is 14.1. The predicted molar refractivity (Wildman–Crippen MR) is 119 cm³/mol. The number of anilines is 2. The van der Waals surface area contributed by atoms with Gasteiger partial charge >= 0.3 is 6.03 Å². The Morgan fingerprint density at radius 1 is 0.897 bits per heavy atom. The Bertz CT molecular complexity index is 1020. The van der Waals surface area contributed by atoms with Gasteiger partial charge in [-0.2, -0.15) is 0 Å². The first kappa shape index (κ1) is 20.3. The number of benzene rings is 3. The molecule has 0 unspecified atom stereocenters. The molecule has 0 fully saturated rings. The number of carbonyl (C=O) groups excluding carboxylic acids is 1. The zero-order chi connectivity index (χ0) is 20.6. The molecule has 0 aliphatic carbocycles. The average molecular weight is 409 g/mol. The van der Waals surface area contributed by atoms with Crippen LogP contribution in [0.25, 0.3) is 12.2 Å². The van der Waals surface area contributed by atoms with Crippen molar-refractivity contribution < 1.29 is 14.3 Å². The number of nitrogens with one attached hydrogen (secondary N) is 2. The molecule has 0 spiro atoms. The van der Waals surface area contributed by atoms with Gasteiger partial charge < -0.3 is 20.1 Å². The van der Waals surface area contributed by atoms with Gasteiger partial charge in [-0.25, -0.2) is 4.79 Å². The normalized spacial score (nSPS) is 10.6. The van der Waals surface area contributed by atoms with Crippen LogP contribution in [-0.4, -0.2) is 20.3 Å². The Kier molecular flexibility index (Phi) is 6.76. The number of ether oxygens (including phenoxy) is 2. The molecule has 3 rings (SSSR count). The minimum atomic E-state index is -0.359. The summed E-state index contributed by atoms with van der Waals surface area (Å²) < 4.78 is 10.6. The van der Waals surface area contributed by atoms with Gasteiger partial charge in [0, 0.05) is 11.3 Å². The molecule has 3 aromatic rings. The Hall–Kier alpha value is -3.44. The Balaban J connectivity index is 1.65. The van der Waals surface area contributed by atoms with E-state index >= 15 is 0 Å². The molecule has 0 aliphatic rings. The zero-order valence-electron chi connectivity index (χ0n) is 16.1. The number of halogens is 1. The van der Waals surface area contributed by atoms with Gasteiger partial charge in [0.2, 0.25) is 0 Å². The van der Waals surface area contributed by atoms with E-state index in [0.717, 1.165) is 22.6 Å². The van der Waals surface area contributed by atoms with E-state index in [0.29, 0.717) is 16.4 Å². The number of amides is 2. The third-order valence-corrected chi connectivity index (χ3v) is 4.51. The van der Waals surface area contributed by atoms with Crippen molar-refractivity contribution >= 4 is 41.2 Å². The smallest absolute Gasteiger partial charge is 0.323 e. The van der Waals surface area contributed by atoms with Crippen molar-refractivity contribution in [2.24, 2.45) is 0 Å². The maximum Gasteiger partial charge on any atom is 0.323 e. The van der Waals surface area contributed by atoms with Crippen molar-refractivity contribution in [3.63, 3.8) is 0 Å². The van der Waals surface area contributed by atoms with Crippen LogP contribution in [-0.2, 0) is 0 Å². The van der Waals surface area contributed by atoms with Crippen molar-refractivity contribution in [1.82, 2.24) is 0 Å². The van der Waals surface area contributed by atoms with E-state index in [1.165, 1.54) is 0 Å². The molecule has 0 aromatic heterocycles. The Morgan fingerprint density at radius 2 is 1.66 bits per heavy atom. The van der Waals surface area contributed by atoms with Gasteiger partial charge in [0.05, 0.1) is 24.9 Å². The minimum Gasteiger partial charge on any atom is -0.497 e. The van der Waals surface area contributed by atoms with Crippen molar-refractivity contribution in [2.45, 2.75) is 0 Å². The van der Waals surface area contributed by atoms with Crippen LogP contribution in [0.2, 0.25) is 5.02 Å². The molecule has 2 amide bonds. The van der Waals surface area contributed by atoms with Crippen molar-refractivity contribution in [3.05, 3.63) is 82.9 Å². The van der Waals surface area contributed by atoms with E-state index in [9.17, 15) is 4.79 Å². The standard InChI is InChI=1S/C23H21ClN2O3/c1-28-19-13-14-22(29-2)17(15-19)10-7-16-8-11-18(12-9-16)25-23(27)26-21-6-4-3-5-20(21)24/h3-15H,1-2H3,(H2,25,26,27)/b10-7-. The second-order valence-corrected chi connectivity index (χ2v) is 6.53. The van der Waals surface area contributed by atoms with Crippen LogP contribution in [0.4, 0.5) is 16.2 Å². The third kappa shape index (κ3) is 5.53. The SMILES string of the molecule is COc1ccc(OC)c(/C=C\c2ccc(NC(=O)Nc3ccccc3Cl)cc2)c1. The Labute approximate surface area is 174 Å². The van der Waals surface area contributed by atoms with Crippen LogP contribution < -0.4 is 20.1 Å². The molecule has 29 heavy (non-hydrogen) atoms. The summed E-state index contributed by atoms with van der Waals surface area (Å²) in [4.78, 5) is 12.1. The lowest BCUT2D eigenvalue weighted by Crippen LogP contribution is -2.19. The molecule has 148 valence electrons. The molecule has 0 aliphatic heterocycles. The first-order valence-electron chi connectivity index (χ1n) is 8.92. The highest BCUT2D eigenvalue weighted by Gasteiger charge is 2.05. The van der Waals surface area contributed by atoms with Crippen molar-refractivity contribution in [1.29, 1.82) is 0 Å². The largest absolute Gasteiger partial charge is 0.497 e. The third-order valence-electron chi connectivity index (χ3n) is 4.18. The van der Waals surface area contributed by atoms with E-state index in [1.807, 2.05) is 54.6 Å². The lowest BCUT2D eigenvalue weighted by Gasteiger charge is -2.09. The number of para-hydroxylation sites is 1. The molecule has 2 N–H and O–H groups in total. The van der Waals surface area contributed by atoms with E-state index in [4.69, 9.17) is 21.1 Å².